The zero-order valence-electron chi connectivity index (χ0n) is 18.0. The molecule has 1 aromatic carbocycles. The molecule has 0 atom stereocenters. The van der Waals surface area contributed by atoms with Crippen LogP contribution in [-0.2, 0) is 14.8 Å². The fourth-order valence-corrected chi connectivity index (χ4v) is 5.11. The minimum atomic E-state index is -3.77. The van der Waals surface area contributed by atoms with Crippen LogP contribution >= 0.6 is 11.8 Å². The number of hydrogen-bond acceptors (Lipinski definition) is 8. The van der Waals surface area contributed by atoms with Gasteiger partial charge in [-0.1, -0.05) is 25.6 Å². The number of nitrogens with one attached hydrogen (secondary N) is 2. The van der Waals surface area contributed by atoms with Crippen LogP contribution in [0.3, 0.4) is 0 Å². The molecule has 3 aromatic rings. The van der Waals surface area contributed by atoms with Gasteiger partial charge in [0.05, 0.1) is 12.4 Å². The minimum absolute atomic E-state index is 0.0116. The minimum Gasteiger partial charge on any atom is -0.492 e. The number of benzene rings is 1. The van der Waals surface area contributed by atoms with Gasteiger partial charge in [-0.15, -0.1) is 10.2 Å². The van der Waals surface area contributed by atoms with E-state index in [0.29, 0.717) is 37.0 Å². The molecule has 0 aliphatic heterocycles. The van der Waals surface area contributed by atoms with Crippen molar-refractivity contribution in [2.75, 3.05) is 30.8 Å². The van der Waals surface area contributed by atoms with E-state index < -0.39 is 10.0 Å². The van der Waals surface area contributed by atoms with Gasteiger partial charge in [0.2, 0.25) is 15.9 Å². The summed E-state index contributed by atoms with van der Waals surface area (Å²) in [5.41, 5.74) is 1.03. The number of rotatable bonds is 11. The van der Waals surface area contributed by atoms with Gasteiger partial charge in [0, 0.05) is 25.0 Å². The number of carbonyl (C=O) groups is 1. The SMILES string of the molecule is CCOc1ccc(NC(=O)CSc2nnc(-c3ccc[nH]3)o2)cc1S(=O)(=O)N(CC)CC. The fraction of sp³-hybridized carbons (Fsp3) is 0.350. The van der Waals surface area contributed by atoms with Crippen molar-refractivity contribution in [1.29, 1.82) is 0 Å². The maximum atomic E-state index is 13.0. The van der Waals surface area contributed by atoms with Gasteiger partial charge in [-0.05, 0) is 37.3 Å². The third-order valence-corrected chi connectivity index (χ3v) is 7.30. The highest BCUT2D eigenvalue weighted by Crippen LogP contribution is 2.30. The van der Waals surface area contributed by atoms with E-state index in [-0.39, 0.29) is 27.5 Å². The van der Waals surface area contributed by atoms with Crippen LogP contribution < -0.4 is 10.1 Å². The normalized spacial score (nSPS) is 11.6. The molecule has 0 aliphatic rings. The summed E-state index contributed by atoms with van der Waals surface area (Å²) >= 11 is 1.08. The topological polar surface area (TPSA) is 130 Å². The number of anilines is 1. The zero-order valence-corrected chi connectivity index (χ0v) is 19.6. The Bertz CT molecular complexity index is 1140. The highest BCUT2D eigenvalue weighted by atomic mass is 32.2. The largest absolute Gasteiger partial charge is 0.492 e. The fourth-order valence-electron chi connectivity index (χ4n) is 2.93. The highest BCUT2D eigenvalue weighted by molar-refractivity contribution is 7.99. The Morgan fingerprint density at radius 2 is 2.00 bits per heavy atom. The molecule has 172 valence electrons. The summed E-state index contributed by atoms with van der Waals surface area (Å²) in [7, 11) is -3.77. The summed E-state index contributed by atoms with van der Waals surface area (Å²) < 4.78 is 38.4. The number of aromatic nitrogens is 3. The van der Waals surface area contributed by atoms with Gasteiger partial charge in [0.15, 0.2) is 0 Å². The van der Waals surface area contributed by atoms with Crippen molar-refractivity contribution in [2.24, 2.45) is 0 Å². The highest BCUT2D eigenvalue weighted by Gasteiger charge is 2.26. The second-order valence-corrected chi connectivity index (χ2v) is 9.31. The Labute approximate surface area is 190 Å². The van der Waals surface area contributed by atoms with Crippen LogP contribution in [0.2, 0.25) is 0 Å². The lowest BCUT2D eigenvalue weighted by Gasteiger charge is -2.21. The molecule has 2 N–H and O–H groups in total. The van der Waals surface area contributed by atoms with E-state index in [1.54, 1.807) is 45.2 Å². The predicted molar refractivity (Wildman–Crippen MR) is 121 cm³/mol. The molecule has 0 fully saturated rings. The van der Waals surface area contributed by atoms with Crippen molar-refractivity contribution in [3.05, 3.63) is 36.5 Å². The smallest absolute Gasteiger partial charge is 0.277 e. The quantitative estimate of drug-likeness (QED) is 0.401. The maximum absolute atomic E-state index is 13.0. The van der Waals surface area contributed by atoms with Crippen LogP contribution in [0.25, 0.3) is 11.6 Å². The third-order valence-electron chi connectivity index (χ3n) is 4.41. The van der Waals surface area contributed by atoms with Gasteiger partial charge in [-0.3, -0.25) is 4.79 Å². The van der Waals surface area contributed by atoms with E-state index in [0.717, 1.165) is 11.8 Å². The average Bonchev–Trinajstić information content (AvgIpc) is 3.46. The molecule has 12 heteroatoms. The molecule has 0 saturated carbocycles. The Hall–Kier alpha value is -2.83. The first kappa shape index (κ1) is 23.8. The van der Waals surface area contributed by atoms with Gasteiger partial charge in [0.1, 0.15) is 16.3 Å². The average molecular weight is 480 g/mol. The third kappa shape index (κ3) is 5.50. The van der Waals surface area contributed by atoms with Gasteiger partial charge in [0.25, 0.3) is 11.1 Å². The maximum Gasteiger partial charge on any atom is 0.277 e. The van der Waals surface area contributed by atoms with E-state index in [1.165, 1.54) is 10.4 Å². The van der Waals surface area contributed by atoms with E-state index in [1.807, 2.05) is 6.07 Å². The molecular formula is C20H25N5O5S2. The molecular weight excluding hydrogens is 454 g/mol. The van der Waals surface area contributed by atoms with E-state index in [2.05, 4.69) is 20.5 Å². The first-order valence-electron chi connectivity index (χ1n) is 10.1. The van der Waals surface area contributed by atoms with Gasteiger partial charge in [-0.2, -0.15) is 4.31 Å². The predicted octanol–water partition coefficient (Wildman–Crippen LogP) is 3.22. The molecule has 32 heavy (non-hydrogen) atoms. The Kier molecular flexibility index (Phi) is 7.94. The summed E-state index contributed by atoms with van der Waals surface area (Å²) in [4.78, 5) is 15.4. The molecule has 2 aromatic heterocycles. The van der Waals surface area contributed by atoms with Crippen LogP contribution in [0, 0.1) is 0 Å². The molecule has 10 nitrogen and oxygen atoms in total. The van der Waals surface area contributed by atoms with Crippen LogP contribution in [0.1, 0.15) is 20.8 Å². The van der Waals surface area contributed by atoms with Crippen LogP contribution in [-0.4, -0.2) is 59.3 Å². The zero-order chi connectivity index (χ0) is 23.1. The number of aromatic amines is 1. The molecule has 0 saturated heterocycles. The summed E-state index contributed by atoms with van der Waals surface area (Å²) in [6.45, 7) is 6.28. The van der Waals surface area contributed by atoms with Crippen LogP contribution in [0.4, 0.5) is 5.69 Å². The van der Waals surface area contributed by atoms with E-state index in [9.17, 15) is 13.2 Å². The molecule has 0 spiro atoms. The molecule has 0 bridgehead atoms. The van der Waals surface area contributed by atoms with Crippen molar-refractivity contribution >= 4 is 33.4 Å². The van der Waals surface area contributed by atoms with Crippen molar-refractivity contribution in [3.8, 4) is 17.3 Å². The number of thioether (sulfide) groups is 1. The summed E-state index contributed by atoms with van der Waals surface area (Å²) in [6.07, 6.45) is 1.74. The lowest BCUT2D eigenvalue weighted by molar-refractivity contribution is -0.113. The molecule has 1 amide bonds. The second kappa shape index (κ2) is 10.7. The number of nitrogens with zero attached hydrogens (tertiary/aromatic N) is 3. The monoisotopic (exact) mass is 479 g/mol. The van der Waals surface area contributed by atoms with Crippen LogP contribution in [0.15, 0.2) is 51.1 Å². The Balaban J connectivity index is 1.70. The lowest BCUT2D eigenvalue weighted by Crippen LogP contribution is -2.31. The van der Waals surface area contributed by atoms with E-state index >= 15 is 0 Å². The number of ether oxygens (including phenoxy) is 1. The number of H-pyrrole nitrogens is 1. The number of carbonyl (C=O) groups excluding carboxylic acids is 1. The van der Waals surface area contributed by atoms with Crippen molar-refractivity contribution in [1.82, 2.24) is 19.5 Å². The Morgan fingerprint density at radius 1 is 1.22 bits per heavy atom. The first-order chi connectivity index (χ1) is 15.4. The number of sulfonamides is 1. The molecule has 2 heterocycles. The molecule has 0 unspecified atom stereocenters. The number of amides is 1. The molecule has 0 aliphatic carbocycles. The first-order valence-corrected chi connectivity index (χ1v) is 12.5. The standard InChI is InChI=1S/C20H25N5O5S2/c1-4-25(5-2)32(27,28)17-12-14(9-10-16(17)29-6-3)22-18(26)13-31-20-24-23-19(30-20)15-8-7-11-21-15/h7-12,21H,4-6,13H2,1-3H3,(H,22,26). The summed E-state index contributed by atoms with van der Waals surface area (Å²) in [6, 6.07) is 8.17. The second-order valence-electron chi connectivity index (χ2n) is 6.48. The van der Waals surface area contributed by atoms with Gasteiger partial charge < -0.3 is 19.5 Å². The lowest BCUT2D eigenvalue weighted by atomic mass is 10.3. The number of hydrogen-bond donors (Lipinski definition) is 2. The summed E-state index contributed by atoms with van der Waals surface area (Å²) in [5, 5.41) is 10.8. The van der Waals surface area contributed by atoms with Crippen molar-refractivity contribution in [3.63, 3.8) is 0 Å². The van der Waals surface area contributed by atoms with Gasteiger partial charge >= 0.3 is 0 Å². The Morgan fingerprint density at radius 3 is 2.66 bits per heavy atom. The molecule has 3 rings (SSSR count). The summed E-state index contributed by atoms with van der Waals surface area (Å²) in [5.74, 6) is 0.243. The molecule has 0 radical (unpaired) electrons. The van der Waals surface area contributed by atoms with Gasteiger partial charge in [-0.25, -0.2) is 8.42 Å². The van der Waals surface area contributed by atoms with Crippen molar-refractivity contribution < 1.29 is 22.4 Å². The van der Waals surface area contributed by atoms with Crippen molar-refractivity contribution in [2.45, 2.75) is 30.9 Å². The van der Waals surface area contributed by atoms with Crippen LogP contribution in [0.5, 0.6) is 5.75 Å². The van der Waals surface area contributed by atoms with E-state index in [4.69, 9.17) is 9.15 Å².